The third-order valence-electron chi connectivity index (χ3n) is 4.48. The van der Waals surface area contributed by atoms with Gasteiger partial charge in [0.25, 0.3) is 0 Å². The van der Waals surface area contributed by atoms with Crippen molar-refractivity contribution < 1.29 is 13.2 Å². The highest BCUT2D eigenvalue weighted by Crippen LogP contribution is 2.32. The summed E-state index contributed by atoms with van der Waals surface area (Å²) in [5, 5.41) is 3.28. The van der Waals surface area contributed by atoms with E-state index in [4.69, 9.17) is 34.8 Å². The summed E-state index contributed by atoms with van der Waals surface area (Å²) in [5.74, 6) is -0.548. The number of hydrogen-bond donors (Lipinski definition) is 1. The summed E-state index contributed by atoms with van der Waals surface area (Å²) in [6, 6.07) is 20.3. The molecule has 9 heteroatoms. The maximum atomic E-state index is 13.2. The highest BCUT2D eigenvalue weighted by atomic mass is 35.5. The summed E-state index contributed by atoms with van der Waals surface area (Å²) in [5.41, 5.74) is 1.21. The molecule has 0 aliphatic heterocycles. The molecule has 1 amide bonds. The Bertz CT molecular complexity index is 1160. The first kappa shape index (κ1) is 23.6. The monoisotopic (exact) mass is 496 g/mol. The van der Waals surface area contributed by atoms with E-state index >= 15 is 0 Å². The molecule has 162 valence electrons. The molecule has 0 aliphatic rings. The smallest absolute Gasteiger partial charge is 0.243 e. The van der Waals surface area contributed by atoms with Crippen LogP contribution < -0.4 is 5.32 Å². The largest absolute Gasteiger partial charge is 0.324 e. The molecule has 0 atom stereocenters. The van der Waals surface area contributed by atoms with Crippen LogP contribution >= 0.6 is 34.8 Å². The topological polar surface area (TPSA) is 66.5 Å². The van der Waals surface area contributed by atoms with E-state index in [-0.39, 0.29) is 38.7 Å². The lowest BCUT2D eigenvalue weighted by Crippen LogP contribution is -2.39. The quantitative estimate of drug-likeness (QED) is 0.417. The van der Waals surface area contributed by atoms with Gasteiger partial charge < -0.3 is 5.32 Å². The minimum absolute atomic E-state index is 0.114. The molecular formula is C22H19Cl3N2O3S. The Morgan fingerprint density at radius 1 is 0.839 bits per heavy atom. The third kappa shape index (κ3) is 6.21. The summed E-state index contributed by atoms with van der Waals surface area (Å²) < 4.78 is 27.5. The predicted molar refractivity (Wildman–Crippen MR) is 125 cm³/mol. The zero-order valence-electron chi connectivity index (χ0n) is 16.3. The number of carbonyl (C=O) groups is 1. The van der Waals surface area contributed by atoms with Crippen molar-refractivity contribution in [3.8, 4) is 0 Å². The van der Waals surface area contributed by atoms with E-state index in [0.29, 0.717) is 6.42 Å². The average molecular weight is 498 g/mol. The van der Waals surface area contributed by atoms with Gasteiger partial charge in [-0.3, -0.25) is 4.79 Å². The first-order chi connectivity index (χ1) is 14.8. The molecule has 0 bridgehead atoms. The Labute approximate surface area is 196 Å². The molecule has 3 aromatic carbocycles. The van der Waals surface area contributed by atoms with Gasteiger partial charge in [0.2, 0.25) is 15.9 Å². The second-order valence-corrected chi connectivity index (χ2v) is 9.84. The van der Waals surface area contributed by atoms with Crippen LogP contribution in [0.15, 0.2) is 77.7 Å². The van der Waals surface area contributed by atoms with Crippen molar-refractivity contribution in [2.24, 2.45) is 0 Å². The van der Waals surface area contributed by atoms with Gasteiger partial charge >= 0.3 is 0 Å². The number of nitrogens with zero attached hydrogens (tertiary/aromatic N) is 1. The van der Waals surface area contributed by atoms with E-state index in [9.17, 15) is 13.2 Å². The molecule has 1 N–H and O–H groups in total. The van der Waals surface area contributed by atoms with Gasteiger partial charge in [0.15, 0.2) is 0 Å². The number of halogens is 3. The van der Waals surface area contributed by atoms with Crippen LogP contribution in [0.4, 0.5) is 5.69 Å². The molecule has 0 unspecified atom stereocenters. The molecule has 3 rings (SSSR count). The van der Waals surface area contributed by atoms with Crippen molar-refractivity contribution in [2.75, 3.05) is 18.4 Å². The van der Waals surface area contributed by atoms with Crippen molar-refractivity contribution in [1.82, 2.24) is 4.31 Å². The van der Waals surface area contributed by atoms with Gasteiger partial charge in [0.05, 0.1) is 32.2 Å². The van der Waals surface area contributed by atoms with Crippen LogP contribution in [0.5, 0.6) is 0 Å². The Hall–Kier alpha value is -2.09. The number of sulfonamides is 1. The summed E-state index contributed by atoms with van der Waals surface area (Å²) in [6.07, 6.45) is 0.452. The molecule has 0 radical (unpaired) electrons. The van der Waals surface area contributed by atoms with E-state index in [1.807, 2.05) is 30.3 Å². The molecule has 0 spiro atoms. The Morgan fingerprint density at radius 2 is 1.42 bits per heavy atom. The lowest BCUT2D eigenvalue weighted by Gasteiger charge is -2.22. The summed E-state index contributed by atoms with van der Waals surface area (Å²) in [4.78, 5) is 12.8. The minimum atomic E-state index is -3.89. The van der Waals surface area contributed by atoms with Crippen molar-refractivity contribution in [3.05, 3.63) is 93.4 Å². The van der Waals surface area contributed by atoms with Gasteiger partial charge in [-0.25, -0.2) is 8.42 Å². The second kappa shape index (κ2) is 10.5. The van der Waals surface area contributed by atoms with E-state index in [2.05, 4.69) is 5.32 Å². The highest BCUT2D eigenvalue weighted by molar-refractivity contribution is 7.89. The van der Waals surface area contributed by atoms with Gasteiger partial charge in [-0.2, -0.15) is 4.31 Å². The zero-order valence-corrected chi connectivity index (χ0v) is 19.3. The van der Waals surface area contributed by atoms with Crippen molar-refractivity contribution >= 4 is 56.4 Å². The van der Waals surface area contributed by atoms with E-state index in [0.717, 1.165) is 9.87 Å². The molecule has 0 aromatic heterocycles. The van der Waals surface area contributed by atoms with Crippen LogP contribution in [0.25, 0.3) is 0 Å². The van der Waals surface area contributed by atoms with E-state index < -0.39 is 15.9 Å². The molecule has 0 saturated carbocycles. The number of anilines is 1. The molecule has 3 aromatic rings. The number of hydrogen-bond acceptors (Lipinski definition) is 3. The molecule has 0 aliphatic carbocycles. The van der Waals surface area contributed by atoms with Gasteiger partial charge in [0, 0.05) is 6.54 Å². The van der Waals surface area contributed by atoms with Crippen LogP contribution in [-0.4, -0.2) is 31.7 Å². The number of carbonyl (C=O) groups excluding carboxylic acids is 1. The summed E-state index contributed by atoms with van der Waals surface area (Å²) in [7, 11) is -3.89. The molecule has 5 nitrogen and oxygen atoms in total. The fourth-order valence-corrected chi connectivity index (χ4v) is 4.90. The molecule has 0 fully saturated rings. The Balaban J connectivity index is 1.82. The van der Waals surface area contributed by atoms with Crippen LogP contribution in [0.1, 0.15) is 5.56 Å². The lowest BCUT2D eigenvalue weighted by molar-refractivity contribution is -0.116. The molecule has 0 saturated heterocycles. The van der Waals surface area contributed by atoms with E-state index in [1.54, 1.807) is 18.2 Å². The lowest BCUT2D eigenvalue weighted by atomic mass is 10.1. The van der Waals surface area contributed by atoms with Crippen molar-refractivity contribution in [2.45, 2.75) is 11.3 Å². The minimum Gasteiger partial charge on any atom is -0.324 e. The number of rotatable bonds is 8. The highest BCUT2D eigenvalue weighted by Gasteiger charge is 2.26. The average Bonchev–Trinajstić information content (AvgIpc) is 2.76. The predicted octanol–water partition coefficient (Wildman–Crippen LogP) is 5.52. The van der Waals surface area contributed by atoms with Gasteiger partial charge in [-0.15, -0.1) is 0 Å². The Kier molecular flexibility index (Phi) is 7.97. The first-order valence-corrected chi connectivity index (χ1v) is 11.9. The SMILES string of the molecule is O=C(CN(CCc1ccccc1)S(=O)(=O)c1ccccc1)Nc1cc(Cl)c(Cl)cc1Cl. The number of benzene rings is 3. The van der Waals surface area contributed by atoms with E-state index in [1.165, 1.54) is 24.3 Å². The van der Waals surface area contributed by atoms with Crippen LogP contribution in [0, 0.1) is 0 Å². The van der Waals surface area contributed by atoms with Crippen LogP contribution in [0.3, 0.4) is 0 Å². The standard InChI is InChI=1S/C22H19Cl3N2O3S/c23-18-13-20(25)21(14-19(18)24)26-22(28)15-27(12-11-16-7-3-1-4-8-16)31(29,30)17-9-5-2-6-10-17/h1-10,13-14H,11-12,15H2,(H,26,28). The maximum absolute atomic E-state index is 13.2. The molecular weight excluding hydrogens is 479 g/mol. The van der Waals surface area contributed by atoms with Crippen LogP contribution in [0.2, 0.25) is 15.1 Å². The summed E-state index contributed by atoms with van der Waals surface area (Å²) >= 11 is 18.0. The van der Waals surface area contributed by atoms with Gasteiger partial charge in [-0.05, 0) is 36.2 Å². The van der Waals surface area contributed by atoms with Gasteiger partial charge in [-0.1, -0.05) is 83.3 Å². The van der Waals surface area contributed by atoms with Gasteiger partial charge in [0.1, 0.15) is 0 Å². The number of nitrogens with one attached hydrogen (secondary N) is 1. The zero-order chi connectivity index (χ0) is 22.4. The normalized spacial score (nSPS) is 11.5. The van der Waals surface area contributed by atoms with Crippen LogP contribution in [-0.2, 0) is 21.2 Å². The molecule has 31 heavy (non-hydrogen) atoms. The fraction of sp³-hybridized carbons (Fsp3) is 0.136. The maximum Gasteiger partial charge on any atom is 0.243 e. The second-order valence-electron chi connectivity index (χ2n) is 6.68. The Morgan fingerprint density at radius 3 is 2.06 bits per heavy atom. The fourth-order valence-electron chi connectivity index (χ4n) is 2.89. The van der Waals surface area contributed by atoms with Crippen molar-refractivity contribution in [1.29, 1.82) is 0 Å². The summed E-state index contributed by atoms with van der Waals surface area (Å²) in [6.45, 7) is -0.260. The van der Waals surface area contributed by atoms with Crippen molar-refractivity contribution in [3.63, 3.8) is 0 Å². The first-order valence-electron chi connectivity index (χ1n) is 9.31. The third-order valence-corrected chi connectivity index (χ3v) is 7.37. The molecule has 0 heterocycles. The number of amides is 1.